The number of thiophene rings is 1. The van der Waals surface area contributed by atoms with Crippen molar-refractivity contribution in [1.82, 2.24) is 35.5 Å². The lowest BCUT2D eigenvalue weighted by molar-refractivity contribution is -0.125. The Morgan fingerprint density at radius 2 is 1.89 bits per heavy atom. The summed E-state index contributed by atoms with van der Waals surface area (Å²) in [4.78, 5) is 24.6. The van der Waals surface area contributed by atoms with Crippen molar-refractivity contribution in [2.24, 2.45) is 5.92 Å². The highest BCUT2D eigenvalue weighted by Crippen LogP contribution is 2.42. The van der Waals surface area contributed by atoms with Crippen LogP contribution < -0.4 is 5.32 Å². The smallest absolute Gasteiger partial charge is 0.223 e. The van der Waals surface area contributed by atoms with Gasteiger partial charge in [-0.3, -0.25) is 4.79 Å². The molecule has 0 bridgehead atoms. The van der Waals surface area contributed by atoms with Crippen LogP contribution >= 0.6 is 23.1 Å². The van der Waals surface area contributed by atoms with Gasteiger partial charge in [0.15, 0.2) is 0 Å². The van der Waals surface area contributed by atoms with E-state index in [1.807, 2.05) is 67.6 Å². The van der Waals surface area contributed by atoms with Gasteiger partial charge in [-0.05, 0) is 71.6 Å². The quantitative estimate of drug-likeness (QED) is 0.333. The van der Waals surface area contributed by atoms with E-state index in [1.165, 1.54) is 22.2 Å². The topological polar surface area (TPSA) is 98.5 Å². The Morgan fingerprint density at radius 3 is 2.69 bits per heavy atom. The third-order valence-electron chi connectivity index (χ3n) is 6.30. The number of rotatable bonds is 6. The van der Waals surface area contributed by atoms with E-state index < -0.39 is 0 Å². The lowest BCUT2D eigenvalue weighted by Gasteiger charge is -2.21. The van der Waals surface area contributed by atoms with Gasteiger partial charge in [0.05, 0.1) is 5.69 Å². The highest BCUT2D eigenvalue weighted by molar-refractivity contribution is 7.99. The lowest BCUT2D eigenvalue weighted by Crippen LogP contribution is -2.33. The summed E-state index contributed by atoms with van der Waals surface area (Å²) in [6, 6.07) is 19.8. The Morgan fingerprint density at radius 1 is 1.11 bits per heavy atom. The summed E-state index contributed by atoms with van der Waals surface area (Å²) >= 11 is 3.13. The van der Waals surface area contributed by atoms with Crippen molar-refractivity contribution >= 4 is 39.2 Å². The molecule has 180 valence electrons. The molecule has 0 aliphatic heterocycles. The first-order valence-corrected chi connectivity index (χ1v) is 13.4. The number of para-hydroxylation sites is 1. The number of carbonyl (C=O) groups excluding carboxylic acids is 1. The number of fused-ring (bicyclic) bond motifs is 3. The molecule has 10 heteroatoms. The van der Waals surface area contributed by atoms with Crippen LogP contribution in [0.1, 0.15) is 28.2 Å². The van der Waals surface area contributed by atoms with Crippen molar-refractivity contribution < 1.29 is 4.79 Å². The van der Waals surface area contributed by atoms with Crippen LogP contribution in [0, 0.1) is 12.8 Å². The third-order valence-corrected chi connectivity index (χ3v) is 8.37. The fraction of sp³-hybridized carbons (Fsp3) is 0.231. The third kappa shape index (κ3) is 4.49. The summed E-state index contributed by atoms with van der Waals surface area (Å²) < 4.78 is 1.72. The first-order chi connectivity index (χ1) is 17.7. The fourth-order valence-electron chi connectivity index (χ4n) is 4.53. The summed E-state index contributed by atoms with van der Waals surface area (Å²) in [6.07, 6.45) is 2.35. The van der Waals surface area contributed by atoms with Crippen molar-refractivity contribution in [2.75, 3.05) is 0 Å². The predicted octanol–water partition coefficient (Wildman–Crippen LogP) is 4.55. The van der Waals surface area contributed by atoms with E-state index in [1.54, 1.807) is 16.0 Å². The van der Waals surface area contributed by atoms with E-state index in [2.05, 4.69) is 20.8 Å². The molecule has 1 unspecified atom stereocenters. The van der Waals surface area contributed by atoms with Crippen LogP contribution in [0.5, 0.6) is 0 Å². The van der Waals surface area contributed by atoms with Gasteiger partial charge in [0.25, 0.3) is 0 Å². The van der Waals surface area contributed by atoms with Crippen molar-refractivity contribution in [3.8, 4) is 5.69 Å². The molecule has 1 amide bonds. The van der Waals surface area contributed by atoms with Gasteiger partial charge in [-0.1, -0.05) is 48.5 Å². The SMILES string of the molecule is Cc1nc(Sc2nnnn2-c2ccccc2)c2c3c(sc2n1)CC(C(=O)NCc1ccccc1)CC3. The average molecular weight is 514 g/mol. The minimum Gasteiger partial charge on any atom is -0.352 e. The molecule has 1 N–H and O–H groups in total. The van der Waals surface area contributed by atoms with Gasteiger partial charge in [0, 0.05) is 22.7 Å². The Bertz CT molecular complexity index is 1530. The maximum Gasteiger partial charge on any atom is 0.223 e. The van der Waals surface area contributed by atoms with E-state index in [9.17, 15) is 4.79 Å². The van der Waals surface area contributed by atoms with Crippen LogP contribution in [0.4, 0.5) is 0 Å². The van der Waals surface area contributed by atoms with Crippen LogP contribution in [-0.4, -0.2) is 36.1 Å². The zero-order valence-corrected chi connectivity index (χ0v) is 21.2. The number of tetrazole rings is 1. The number of aryl methyl sites for hydroxylation is 2. The number of amides is 1. The van der Waals surface area contributed by atoms with Crippen molar-refractivity contribution in [3.05, 3.63) is 82.5 Å². The molecule has 1 atom stereocenters. The minimum absolute atomic E-state index is 0.0372. The number of nitrogens with one attached hydrogen (secondary N) is 1. The second-order valence-corrected chi connectivity index (χ2v) is 10.8. The number of hydrogen-bond acceptors (Lipinski definition) is 8. The molecule has 2 aromatic carbocycles. The monoisotopic (exact) mass is 513 g/mol. The van der Waals surface area contributed by atoms with Crippen molar-refractivity contribution in [2.45, 2.75) is 42.9 Å². The Labute approximate surface area is 216 Å². The number of nitrogens with zero attached hydrogens (tertiary/aromatic N) is 6. The predicted molar refractivity (Wildman–Crippen MR) is 139 cm³/mol. The second-order valence-electron chi connectivity index (χ2n) is 8.71. The van der Waals surface area contributed by atoms with Gasteiger partial charge < -0.3 is 5.32 Å². The number of hydrogen-bond donors (Lipinski definition) is 1. The summed E-state index contributed by atoms with van der Waals surface area (Å²) in [5.74, 6) is 0.783. The molecule has 6 rings (SSSR count). The summed E-state index contributed by atoms with van der Waals surface area (Å²) in [6.45, 7) is 2.46. The number of carbonyl (C=O) groups is 1. The molecule has 0 saturated heterocycles. The molecular weight excluding hydrogens is 490 g/mol. The molecule has 0 saturated carbocycles. The van der Waals surface area contributed by atoms with Crippen molar-refractivity contribution in [3.63, 3.8) is 0 Å². The van der Waals surface area contributed by atoms with E-state index in [0.29, 0.717) is 17.5 Å². The highest BCUT2D eigenvalue weighted by atomic mass is 32.2. The Kier molecular flexibility index (Phi) is 6.20. The van der Waals surface area contributed by atoms with Gasteiger partial charge in [-0.2, -0.15) is 4.68 Å². The Balaban J connectivity index is 1.26. The van der Waals surface area contributed by atoms with Crippen LogP contribution in [0.15, 0.2) is 70.8 Å². The summed E-state index contributed by atoms with van der Waals surface area (Å²) in [7, 11) is 0. The van der Waals surface area contributed by atoms with Crippen LogP contribution in [-0.2, 0) is 24.2 Å². The van der Waals surface area contributed by atoms with Gasteiger partial charge in [-0.25, -0.2) is 9.97 Å². The van der Waals surface area contributed by atoms with Gasteiger partial charge in [-0.15, -0.1) is 16.4 Å². The minimum atomic E-state index is -0.0372. The highest BCUT2D eigenvalue weighted by Gasteiger charge is 2.30. The Hall–Kier alpha value is -3.63. The summed E-state index contributed by atoms with van der Waals surface area (Å²) in [5, 5.41) is 18.0. The molecule has 1 aliphatic carbocycles. The van der Waals surface area contributed by atoms with E-state index in [4.69, 9.17) is 9.97 Å². The van der Waals surface area contributed by atoms with Gasteiger partial charge in [0.1, 0.15) is 15.7 Å². The largest absolute Gasteiger partial charge is 0.352 e. The van der Waals surface area contributed by atoms with Crippen LogP contribution in [0.3, 0.4) is 0 Å². The first kappa shape index (κ1) is 22.8. The maximum absolute atomic E-state index is 12.9. The normalized spacial score (nSPS) is 15.1. The molecular formula is C26H23N7OS2. The molecule has 0 spiro atoms. The summed E-state index contributed by atoms with van der Waals surface area (Å²) in [5.41, 5.74) is 3.25. The first-order valence-electron chi connectivity index (χ1n) is 11.8. The molecule has 36 heavy (non-hydrogen) atoms. The molecule has 1 aliphatic rings. The van der Waals surface area contributed by atoms with E-state index in [0.717, 1.165) is 45.8 Å². The fourth-order valence-corrected chi connectivity index (χ4v) is 6.92. The van der Waals surface area contributed by atoms with Crippen LogP contribution in [0.25, 0.3) is 15.9 Å². The molecule has 8 nitrogen and oxygen atoms in total. The standard InChI is InChI=1S/C26H23N7OS2/c1-16-28-24-22(25(29-16)36-26-30-31-32-33(26)19-10-6-3-7-11-19)20-13-12-18(14-21(20)35-24)23(34)27-15-17-8-4-2-5-9-17/h2-11,18H,12-15H2,1H3,(H,27,34). The lowest BCUT2D eigenvalue weighted by atomic mass is 9.87. The number of benzene rings is 2. The molecule has 0 radical (unpaired) electrons. The second kappa shape index (κ2) is 9.79. The zero-order valence-electron chi connectivity index (χ0n) is 19.6. The maximum atomic E-state index is 12.9. The molecule has 5 aromatic rings. The molecule has 3 heterocycles. The number of aromatic nitrogens is 6. The van der Waals surface area contributed by atoms with Gasteiger partial charge >= 0.3 is 0 Å². The van der Waals surface area contributed by atoms with E-state index >= 15 is 0 Å². The average Bonchev–Trinajstić information content (AvgIpc) is 3.52. The van der Waals surface area contributed by atoms with Crippen LogP contribution in [0.2, 0.25) is 0 Å². The van der Waals surface area contributed by atoms with E-state index in [-0.39, 0.29) is 11.8 Å². The zero-order chi connectivity index (χ0) is 24.5. The molecule has 0 fully saturated rings. The van der Waals surface area contributed by atoms with Crippen molar-refractivity contribution in [1.29, 1.82) is 0 Å². The van der Waals surface area contributed by atoms with Gasteiger partial charge in [0.2, 0.25) is 11.1 Å². The molecule has 3 aromatic heterocycles.